The van der Waals surface area contributed by atoms with E-state index in [9.17, 15) is 0 Å². The number of H-pyrrole nitrogens is 1. The molecule has 0 aromatic carbocycles. The van der Waals surface area contributed by atoms with Crippen LogP contribution in [0, 0.1) is 13.8 Å². The first-order valence-corrected chi connectivity index (χ1v) is 6.13. The molecule has 0 radical (unpaired) electrons. The SMILES string of the molecule is Cc1nc(Nc2nc(N)nc3nc[nH]c23)sc1C. The van der Waals surface area contributed by atoms with Crippen LogP contribution < -0.4 is 11.1 Å². The van der Waals surface area contributed by atoms with Crippen LogP contribution in [0.2, 0.25) is 0 Å². The van der Waals surface area contributed by atoms with E-state index in [0.29, 0.717) is 11.5 Å². The van der Waals surface area contributed by atoms with Gasteiger partial charge in [-0.2, -0.15) is 9.97 Å². The van der Waals surface area contributed by atoms with E-state index in [2.05, 4.69) is 30.2 Å². The van der Waals surface area contributed by atoms with Crippen molar-refractivity contribution in [1.29, 1.82) is 0 Å². The number of imidazole rings is 1. The molecule has 0 aliphatic rings. The predicted octanol–water partition coefficient (Wildman–Crippen LogP) is 1.75. The van der Waals surface area contributed by atoms with Crippen LogP contribution in [-0.4, -0.2) is 24.9 Å². The summed E-state index contributed by atoms with van der Waals surface area (Å²) < 4.78 is 0. The molecule has 0 fully saturated rings. The molecule has 4 N–H and O–H groups in total. The molecule has 0 atom stereocenters. The summed E-state index contributed by atoms with van der Waals surface area (Å²) >= 11 is 1.57. The first-order valence-electron chi connectivity index (χ1n) is 5.31. The minimum Gasteiger partial charge on any atom is -0.368 e. The molecule has 0 saturated carbocycles. The topological polar surface area (TPSA) is 105 Å². The normalized spacial score (nSPS) is 11.0. The Kier molecular flexibility index (Phi) is 2.37. The molecule has 3 aromatic heterocycles. The fourth-order valence-corrected chi connectivity index (χ4v) is 2.38. The summed E-state index contributed by atoms with van der Waals surface area (Å²) in [6.07, 6.45) is 1.56. The minimum absolute atomic E-state index is 0.183. The van der Waals surface area contributed by atoms with Crippen LogP contribution in [0.4, 0.5) is 16.9 Å². The van der Waals surface area contributed by atoms with E-state index >= 15 is 0 Å². The average molecular weight is 261 g/mol. The summed E-state index contributed by atoms with van der Waals surface area (Å²) in [5, 5.41) is 3.92. The summed E-state index contributed by atoms with van der Waals surface area (Å²) in [4.78, 5) is 20.8. The van der Waals surface area contributed by atoms with E-state index in [4.69, 9.17) is 5.73 Å². The van der Waals surface area contributed by atoms with Gasteiger partial charge in [0.25, 0.3) is 0 Å². The lowest BCUT2D eigenvalue weighted by molar-refractivity contribution is 1.19. The first-order chi connectivity index (χ1) is 8.63. The number of rotatable bonds is 2. The molecular weight excluding hydrogens is 250 g/mol. The van der Waals surface area contributed by atoms with Gasteiger partial charge in [-0.15, -0.1) is 11.3 Å². The zero-order valence-corrected chi connectivity index (χ0v) is 10.7. The van der Waals surface area contributed by atoms with Gasteiger partial charge in [0, 0.05) is 4.88 Å². The third-order valence-corrected chi connectivity index (χ3v) is 3.55. The molecule has 92 valence electrons. The van der Waals surface area contributed by atoms with Gasteiger partial charge in [-0.05, 0) is 13.8 Å². The van der Waals surface area contributed by atoms with E-state index in [1.54, 1.807) is 17.7 Å². The smallest absolute Gasteiger partial charge is 0.224 e. The maximum Gasteiger partial charge on any atom is 0.224 e. The predicted molar refractivity (Wildman–Crippen MR) is 71.0 cm³/mol. The quantitative estimate of drug-likeness (QED) is 0.649. The Balaban J connectivity index is 2.06. The Hall–Kier alpha value is -2.22. The molecule has 0 bridgehead atoms. The van der Waals surface area contributed by atoms with Gasteiger partial charge in [0.1, 0.15) is 5.52 Å². The van der Waals surface area contributed by atoms with Crippen LogP contribution in [0.1, 0.15) is 10.6 Å². The van der Waals surface area contributed by atoms with Crippen molar-refractivity contribution >= 4 is 39.4 Å². The van der Waals surface area contributed by atoms with Crippen molar-refractivity contribution in [2.24, 2.45) is 0 Å². The number of hydrogen-bond donors (Lipinski definition) is 3. The molecular formula is C10H11N7S. The van der Waals surface area contributed by atoms with E-state index in [1.165, 1.54) is 4.88 Å². The highest BCUT2D eigenvalue weighted by Gasteiger charge is 2.11. The number of fused-ring (bicyclic) bond motifs is 1. The number of nitrogens with zero attached hydrogens (tertiary/aromatic N) is 4. The highest BCUT2D eigenvalue weighted by Crippen LogP contribution is 2.26. The molecule has 0 aliphatic heterocycles. The summed E-state index contributed by atoms with van der Waals surface area (Å²) in [5.41, 5.74) is 7.90. The number of nitrogens with one attached hydrogen (secondary N) is 2. The van der Waals surface area contributed by atoms with Gasteiger partial charge >= 0.3 is 0 Å². The second-order valence-corrected chi connectivity index (χ2v) is 5.02. The summed E-state index contributed by atoms with van der Waals surface area (Å²) in [6.45, 7) is 4.00. The third kappa shape index (κ3) is 1.76. The molecule has 0 unspecified atom stereocenters. The van der Waals surface area contributed by atoms with Gasteiger partial charge < -0.3 is 16.0 Å². The Morgan fingerprint density at radius 3 is 2.83 bits per heavy atom. The molecule has 0 spiro atoms. The molecule has 0 aliphatic carbocycles. The van der Waals surface area contributed by atoms with Crippen LogP contribution in [0.3, 0.4) is 0 Å². The van der Waals surface area contributed by atoms with Gasteiger partial charge in [-0.3, -0.25) is 0 Å². The molecule has 3 rings (SSSR count). The van der Waals surface area contributed by atoms with Crippen molar-refractivity contribution in [2.75, 3.05) is 11.1 Å². The fraction of sp³-hybridized carbons (Fsp3) is 0.200. The van der Waals surface area contributed by atoms with Crippen molar-refractivity contribution in [3.8, 4) is 0 Å². The van der Waals surface area contributed by atoms with Gasteiger partial charge in [0.2, 0.25) is 5.95 Å². The van der Waals surface area contributed by atoms with E-state index in [0.717, 1.165) is 16.3 Å². The fourth-order valence-electron chi connectivity index (χ4n) is 1.57. The Bertz CT molecular complexity index is 695. The molecule has 0 amide bonds. The van der Waals surface area contributed by atoms with E-state index in [-0.39, 0.29) is 5.95 Å². The van der Waals surface area contributed by atoms with Crippen LogP contribution in [-0.2, 0) is 0 Å². The first kappa shape index (κ1) is 10.9. The molecule has 3 heterocycles. The third-order valence-electron chi connectivity index (χ3n) is 2.56. The van der Waals surface area contributed by atoms with Crippen molar-refractivity contribution in [1.82, 2.24) is 24.9 Å². The van der Waals surface area contributed by atoms with E-state index < -0.39 is 0 Å². The zero-order chi connectivity index (χ0) is 12.7. The lowest BCUT2D eigenvalue weighted by Crippen LogP contribution is -2.01. The standard InChI is InChI=1S/C10H11N7S/c1-4-5(2)18-10(14-4)17-8-6-7(13-3-12-6)15-9(11)16-8/h3H,1-2H3,(H4,11,12,13,14,15,16,17). The van der Waals surface area contributed by atoms with Crippen molar-refractivity contribution in [3.05, 3.63) is 16.9 Å². The number of aromatic amines is 1. The monoisotopic (exact) mass is 261 g/mol. The number of aryl methyl sites for hydroxylation is 2. The Morgan fingerprint density at radius 2 is 2.11 bits per heavy atom. The van der Waals surface area contributed by atoms with Gasteiger partial charge in [0.15, 0.2) is 16.6 Å². The number of nitrogens with two attached hydrogens (primary N) is 1. The number of hydrogen-bond acceptors (Lipinski definition) is 7. The minimum atomic E-state index is 0.183. The second kappa shape index (κ2) is 3.91. The average Bonchev–Trinajstić information content (AvgIpc) is 2.86. The summed E-state index contributed by atoms with van der Waals surface area (Å²) in [6, 6.07) is 0. The molecule has 18 heavy (non-hydrogen) atoms. The molecule has 0 saturated heterocycles. The van der Waals surface area contributed by atoms with Crippen LogP contribution in [0.5, 0.6) is 0 Å². The van der Waals surface area contributed by atoms with E-state index in [1.807, 2.05) is 13.8 Å². The summed E-state index contributed by atoms with van der Waals surface area (Å²) in [7, 11) is 0. The van der Waals surface area contributed by atoms with Crippen LogP contribution in [0.25, 0.3) is 11.2 Å². The molecule has 7 nitrogen and oxygen atoms in total. The van der Waals surface area contributed by atoms with Crippen LogP contribution in [0.15, 0.2) is 6.33 Å². The highest BCUT2D eigenvalue weighted by molar-refractivity contribution is 7.15. The van der Waals surface area contributed by atoms with Crippen molar-refractivity contribution < 1.29 is 0 Å². The number of nitrogen functional groups attached to an aromatic ring is 1. The molecule has 3 aromatic rings. The Morgan fingerprint density at radius 1 is 1.28 bits per heavy atom. The van der Waals surface area contributed by atoms with Gasteiger partial charge in [0.05, 0.1) is 12.0 Å². The lowest BCUT2D eigenvalue weighted by Gasteiger charge is -2.03. The zero-order valence-electron chi connectivity index (χ0n) is 9.85. The second-order valence-electron chi connectivity index (χ2n) is 3.82. The number of aromatic nitrogens is 5. The number of anilines is 3. The van der Waals surface area contributed by atoms with Crippen molar-refractivity contribution in [3.63, 3.8) is 0 Å². The largest absolute Gasteiger partial charge is 0.368 e. The van der Waals surface area contributed by atoms with Crippen molar-refractivity contribution in [2.45, 2.75) is 13.8 Å². The van der Waals surface area contributed by atoms with Gasteiger partial charge in [-0.25, -0.2) is 9.97 Å². The maximum atomic E-state index is 5.64. The van der Waals surface area contributed by atoms with Gasteiger partial charge in [-0.1, -0.05) is 0 Å². The van der Waals surface area contributed by atoms with Crippen LogP contribution >= 0.6 is 11.3 Å². The highest BCUT2D eigenvalue weighted by atomic mass is 32.1. The lowest BCUT2D eigenvalue weighted by atomic mass is 10.4. The number of thiazole rings is 1. The Labute approximate surface area is 107 Å². The molecule has 8 heteroatoms. The maximum absolute atomic E-state index is 5.64. The summed E-state index contributed by atoms with van der Waals surface area (Å²) in [5.74, 6) is 0.769.